The van der Waals surface area contributed by atoms with Gasteiger partial charge in [-0.05, 0) is 6.92 Å². The number of anilines is 1. The zero-order valence-electron chi connectivity index (χ0n) is 8.03. The van der Waals surface area contributed by atoms with Crippen molar-refractivity contribution in [1.29, 1.82) is 0 Å². The number of nitrogens with one attached hydrogen (secondary N) is 1. The van der Waals surface area contributed by atoms with Crippen molar-refractivity contribution in [3.63, 3.8) is 0 Å². The molecule has 0 bridgehead atoms. The van der Waals surface area contributed by atoms with Gasteiger partial charge in [0.25, 0.3) is 0 Å². The molecule has 2 unspecified atom stereocenters. The van der Waals surface area contributed by atoms with Gasteiger partial charge >= 0.3 is 0 Å². The Balaban J connectivity index is 2.55. The number of nitrogens with zero attached hydrogens (tertiary/aromatic N) is 2. The lowest BCUT2D eigenvalue weighted by atomic mass is 10.3. The lowest BCUT2D eigenvalue weighted by molar-refractivity contribution is 0.683. The highest BCUT2D eigenvalue weighted by Crippen LogP contribution is 2.11. The standard InChI is InChI=1S/C8H12ClN3OS/c1-6(5-14(2)13)11-7-3-8(9)12-10-4-7/h3-4,6H,5H2,1-2H3,(H,11,12). The third-order valence-electron chi connectivity index (χ3n) is 1.52. The van der Waals surface area contributed by atoms with Gasteiger partial charge in [-0.1, -0.05) is 11.6 Å². The molecule has 2 atom stereocenters. The summed E-state index contributed by atoms with van der Waals surface area (Å²) in [5, 5.41) is 10.8. The van der Waals surface area contributed by atoms with Crippen LogP contribution in [-0.4, -0.2) is 32.5 Å². The molecule has 4 nitrogen and oxygen atoms in total. The molecule has 78 valence electrons. The molecule has 1 N–H and O–H groups in total. The summed E-state index contributed by atoms with van der Waals surface area (Å²) < 4.78 is 10.9. The van der Waals surface area contributed by atoms with Gasteiger partial charge < -0.3 is 5.32 Å². The molecule has 0 fully saturated rings. The van der Waals surface area contributed by atoms with Crippen molar-refractivity contribution < 1.29 is 4.21 Å². The average Bonchev–Trinajstić information content (AvgIpc) is 2.01. The van der Waals surface area contributed by atoms with Crippen molar-refractivity contribution in [3.8, 4) is 0 Å². The summed E-state index contributed by atoms with van der Waals surface area (Å²) >= 11 is 5.66. The topological polar surface area (TPSA) is 54.9 Å². The Bertz CT molecular complexity index is 334. The normalized spacial score (nSPS) is 14.8. The predicted molar refractivity (Wildman–Crippen MR) is 59.1 cm³/mol. The third-order valence-corrected chi connectivity index (χ3v) is 2.68. The molecule has 0 aliphatic rings. The summed E-state index contributed by atoms with van der Waals surface area (Å²) in [5.41, 5.74) is 0.794. The first-order valence-corrected chi connectivity index (χ1v) is 6.23. The van der Waals surface area contributed by atoms with Gasteiger partial charge in [0.05, 0.1) is 11.9 Å². The van der Waals surface area contributed by atoms with Crippen LogP contribution in [0.25, 0.3) is 0 Å². The number of halogens is 1. The highest BCUT2D eigenvalue weighted by molar-refractivity contribution is 7.84. The first kappa shape index (κ1) is 11.4. The molecule has 0 saturated heterocycles. The maximum atomic E-state index is 10.9. The lowest BCUT2D eigenvalue weighted by Crippen LogP contribution is -2.22. The maximum absolute atomic E-state index is 10.9. The summed E-state index contributed by atoms with van der Waals surface area (Å²) in [6.07, 6.45) is 3.26. The van der Waals surface area contributed by atoms with E-state index in [9.17, 15) is 4.21 Å². The average molecular weight is 234 g/mol. The molecule has 0 aliphatic carbocycles. The van der Waals surface area contributed by atoms with Crippen molar-refractivity contribution in [3.05, 3.63) is 17.4 Å². The van der Waals surface area contributed by atoms with Crippen molar-refractivity contribution in [1.82, 2.24) is 10.2 Å². The van der Waals surface area contributed by atoms with Crippen LogP contribution in [0.1, 0.15) is 6.92 Å². The van der Waals surface area contributed by atoms with Crippen LogP contribution in [0, 0.1) is 0 Å². The van der Waals surface area contributed by atoms with E-state index in [0.29, 0.717) is 10.9 Å². The predicted octanol–water partition coefficient (Wildman–Crippen LogP) is 1.31. The Kier molecular flexibility index (Phi) is 4.28. The minimum atomic E-state index is -0.806. The Morgan fingerprint density at radius 3 is 3.00 bits per heavy atom. The summed E-state index contributed by atoms with van der Waals surface area (Å²) in [6, 6.07) is 1.81. The molecule has 1 aromatic heterocycles. The van der Waals surface area contributed by atoms with Crippen LogP contribution < -0.4 is 5.32 Å². The first-order chi connectivity index (χ1) is 6.58. The number of hydrogen-bond acceptors (Lipinski definition) is 4. The van der Waals surface area contributed by atoms with Gasteiger partial charge in [0.15, 0.2) is 5.15 Å². The molecule has 1 heterocycles. The summed E-state index contributed by atoms with van der Waals surface area (Å²) in [4.78, 5) is 0. The van der Waals surface area contributed by atoms with Crippen LogP contribution in [0.4, 0.5) is 5.69 Å². The Morgan fingerprint density at radius 2 is 2.43 bits per heavy atom. The molecular formula is C8H12ClN3OS. The summed E-state index contributed by atoms with van der Waals surface area (Å²) in [6.45, 7) is 1.95. The minimum absolute atomic E-state index is 0.126. The fourth-order valence-corrected chi connectivity index (χ4v) is 2.05. The summed E-state index contributed by atoms with van der Waals surface area (Å²) in [5.74, 6) is 0.597. The Morgan fingerprint density at radius 1 is 1.71 bits per heavy atom. The van der Waals surface area contributed by atoms with Crippen molar-refractivity contribution in [2.75, 3.05) is 17.3 Å². The molecule has 0 aliphatic heterocycles. The van der Waals surface area contributed by atoms with Crippen molar-refractivity contribution in [2.45, 2.75) is 13.0 Å². The van der Waals surface area contributed by atoms with E-state index in [4.69, 9.17) is 11.6 Å². The zero-order chi connectivity index (χ0) is 10.6. The molecule has 0 radical (unpaired) electrons. The highest BCUT2D eigenvalue weighted by Gasteiger charge is 2.04. The highest BCUT2D eigenvalue weighted by atomic mass is 35.5. The maximum Gasteiger partial charge on any atom is 0.153 e. The van der Waals surface area contributed by atoms with Gasteiger partial charge in [-0.25, -0.2) is 0 Å². The number of rotatable bonds is 4. The lowest BCUT2D eigenvalue weighted by Gasteiger charge is -2.12. The molecule has 0 aromatic carbocycles. The van der Waals surface area contributed by atoms with Crippen LogP contribution in [0.2, 0.25) is 5.15 Å². The minimum Gasteiger partial charge on any atom is -0.380 e. The number of aromatic nitrogens is 2. The fourth-order valence-electron chi connectivity index (χ4n) is 1.10. The SMILES string of the molecule is CC(CS(C)=O)Nc1cnnc(Cl)c1. The quantitative estimate of drug-likeness (QED) is 0.852. The van der Waals surface area contributed by atoms with E-state index in [-0.39, 0.29) is 6.04 Å². The van der Waals surface area contributed by atoms with Crippen molar-refractivity contribution in [2.24, 2.45) is 0 Å². The van der Waals surface area contributed by atoms with E-state index < -0.39 is 10.8 Å². The second kappa shape index (κ2) is 5.26. The van der Waals surface area contributed by atoms with Gasteiger partial charge in [-0.15, -0.1) is 5.10 Å². The van der Waals surface area contributed by atoms with E-state index >= 15 is 0 Å². The van der Waals surface area contributed by atoms with Crippen LogP contribution >= 0.6 is 11.6 Å². The van der Waals surface area contributed by atoms with Gasteiger partial charge in [-0.3, -0.25) is 4.21 Å². The van der Waals surface area contributed by atoms with E-state index in [2.05, 4.69) is 15.5 Å². The molecule has 0 saturated carbocycles. The Hall–Kier alpha value is -0.680. The first-order valence-electron chi connectivity index (χ1n) is 4.12. The van der Waals surface area contributed by atoms with Gasteiger partial charge in [0, 0.05) is 34.9 Å². The van der Waals surface area contributed by atoms with Gasteiger partial charge in [0.1, 0.15) is 0 Å². The molecular weight excluding hydrogens is 222 g/mol. The van der Waals surface area contributed by atoms with Crippen LogP contribution in [0.3, 0.4) is 0 Å². The molecule has 6 heteroatoms. The smallest absolute Gasteiger partial charge is 0.153 e. The molecule has 1 aromatic rings. The fraction of sp³-hybridized carbons (Fsp3) is 0.500. The number of hydrogen-bond donors (Lipinski definition) is 1. The van der Waals surface area contributed by atoms with E-state index in [0.717, 1.165) is 5.69 Å². The van der Waals surface area contributed by atoms with Crippen LogP contribution in [-0.2, 0) is 10.8 Å². The zero-order valence-corrected chi connectivity index (χ0v) is 9.60. The molecule has 0 spiro atoms. The molecule has 1 rings (SSSR count). The summed E-state index contributed by atoms with van der Waals surface area (Å²) in [7, 11) is -0.806. The molecule has 14 heavy (non-hydrogen) atoms. The van der Waals surface area contributed by atoms with Crippen LogP contribution in [0.5, 0.6) is 0 Å². The Labute approximate surface area is 90.5 Å². The second-order valence-corrected chi connectivity index (χ2v) is 4.92. The largest absolute Gasteiger partial charge is 0.380 e. The van der Waals surface area contributed by atoms with Crippen molar-refractivity contribution >= 4 is 28.1 Å². The van der Waals surface area contributed by atoms with E-state index in [1.165, 1.54) is 0 Å². The monoisotopic (exact) mass is 233 g/mol. The van der Waals surface area contributed by atoms with Crippen LogP contribution in [0.15, 0.2) is 12.3 Å². The second-order valence-electron chi connectivity index (χ2n) is 3.05. The van der Waals surface area contributed by atoms with Gasteiger partial charge in [0.2, 0.25) is 0 Å². The third kappa shape index (κ3) is 4.02. The van der Waals surface area contributed by atoms with E-state index in [1.54, 1.807) is 18.5 Å². The van der Waals surface area contributed by atoms with Gasteiger partial charge in [-0.2, -0.15) is 5.10 Å². The van der Waals surface area contributed by atoms with E-state index in [1.807, 2.05) is 6.92 Å². The molecule has 0 amide bonds.